The van der Waals surface area contributed by atoms with E-state index in [9.17, 15) is 13.2 Å². The smallest absolute Gasteiger partial charge is 0.264 e. The molecule has 2 aromatic carbocycles. The second kappa shape index (κ2) is 9.97. The predicted molar refractivity (Wildman–Crippen MR) is 127 cm³/mol. The van der Waals surface area contributed by atoms with Crippen molar-refractivity contribution in [2.24, 2.45) is 0 Å². The lowest BCUT2D eigenvalue weighted by molar-refractivity contribution is -0.115. The fourth-order valence-corrected chi connectivity index (χ4v) is 4.67. The topological polar surface area (TPSA) is 145 Å². The molecule has 174 valence electrons. The number of anilines is 2. The lowest BCUT2D eigenvalue weighted by atomic mass is 10.2. The number of benzene rings is 2. The summed E-state index contributed by atoms with van der Waals surface area (Å²) in [7, 11) is -3.86. The average Bonchev–Trinajstić information content (AvgIpc) is 3.28. The van der Waals surface area contributed by atoms with Gasteiger partial charge in [0.05, 0.1) is 15.8 Å². The highest BCUT2D eigenvalue weighted by atomic mass is 32.2. The molecule has 11 nitrogen and oxygen atoms in total. The molecular weight excluding hydrogens is 476 g/mol. The molecule has 1 amide bonds. The van der Waals surface area contributed by atoms with Gasteiger partial charge in [-0.15, -0.1) is 5.10 Å². The standard InChI is InChI=1S/C21H20N8O3S2/c1-14-6-3-4-7-18(14)29-21(25-27-28-29)33-15(2)19(30)24-16-8-10-17(11-9-16)34(31,32)26-20-22-12-5-13-23-20/h3-13,15H,1-2H3,(H,24,30)(H,22,23,26). The fourth-order valence-electron chi connectivity index (χ4n) is 2.91. The van der Waals surface area contributed by atoms with Gasteiger partial charge in [0, 0.05) is 18.1 Å². The van der Waals surface area contributed by atoms with Gasteiger partial charge in [-0.2, -0.15) is 4.68 Å². The van der Waals surface area contributed by atoms with Crippen LogP contribution in [0.5, 0.6) is 0 Å². The molecule has 34 heavy (non-hydrogen) atoms. The van der Waals surface area contributed by atoms with E-state index in [1.54, 1.807) is 17.7 Å². The molecule has 0 aliphatic rings. The molecule has 2 aromatic heterocycles. The Morgan fingerprint density at radius 3 is 2.44 bits per heavy atom. The zero-order chi connectivity index (χ0) is 24.1. The minimum Gasteiger partial charge on any atom is -0.325 e. The van der Waals surface area contributed by atoms with Crippen LogP contribution in [0, 0.1) is 6.92 Å². The molecule has 0 aliphatic carbocycles. The van der Waals surface area contributed by atoms with Crippen molar-refractivity contribution in [3.8, 4) is 5.69 Å². The average molecular weight is 497 g/mol. The third-order valence-electron chi connectivity index (χ3n) is 4.66. The number of hydrogen-bond donors (Lipinski definition) is 2. The van der Waals surface area contributed by atoms with E-state index in [4.69, 9.17) is 0 Å². The highest BCUT2D eigenvalue weighted by molar-refractivity contribution is 8.00. The first-order chi connectivity index (χ1) is 16.3. The van der Waals surface area contributed by atoms with Crippen molar-refractivity contribution in [2.45, 2.75) is 29.1 Å². The summed E-state index contributed by atoms with van der Waals surface area (Å²) in [6, 6.07) is 15.0. The molecule has 1 unspecified atom stereocenters. The number of nitrogens with zero attached hydrogens (tertiary/aromatic N) is 6. The number of para-hydroxylation sites is 1. The third-order valence-corrected chi connectivity index (χ3v) is 7.04. The van der Waals surface area contributed by atoms with Crippen molar-refractivity contribution in [3.05, 3.63) is 72.6 Å². The molecular formula is C21H20N8O3S2. The second-order valence-corrected chi connectivity index (χ2v) is 10.1. The van der Waals surface area contributed by atoms with E-state index in [1.165, 1.54) is 48.4 Å². The summed E-state index contributed by atoms with van der Waals surface area (Å²) in [5, 5.41) is 14.5. The molecule has 1 atom stereocenters. The van der Waals surface area contributed by atoms with E-state index in [2.05, 4.69) is 35.5 Å². The molecule has 2 N–H and O–H groups in total. The van der Waals surface area contributed by atoms with E-state index in [0.29, 0.717) is 10.8 Å². The van der Waals surface area contributed by atoms with Crippen molar-refractivity contribution in [2.75, 3.05) is 10.0 Å². The largest absolute Gasteiger partial charge is 0.325 e. The second-order valence-electron chi connectivity index (χ2n) is 7.11. The molecule has 0 saturated heterocycles. The summed E-state index contributed by atoms with van der Waals surface area (Å²) in [5.74, 6) is -0.311. The Bertz CT molecular complexity index is 1390. The summed E-state index contributed by atoms with van der Waals surface area (Å²) in [5.41, 5.74) is 2.27. The molecule has 0 aliphatic heterocycles. The van der Waals surface area contributed by atoms with Crippen LogP contribution >= 0.6 is 11.8 Å². The number of carbonyl (C=O) groups is 1. The molecule has 0 radical (unpaired) electrons. The number of nitrogens with one attached hydrogen (secondary N) is 2. The Hall–Kier alpha value is -3.84. The van der Waals surface area contributed by atoms with E-state index >= 15 is 0 Å². The monoisotopic (exact) mass is 496 g/mol. The molecule has 13 heteroatoms. The molecule has 0 bridgehead atoms. The Labute approximate surface area is 200 Å². The summed E-state index contributed by atoms with van der Waals surface area (Å²) in [4.78, 5) is 20.4. The number of aromatic nitrogens is 6. The first-order valence-electron chi connectivity index (χ1n) is 10.1. The number of rotatable bonds is 8. The minimum atomic E-state index is -3.86. The zero-order valence-corrected chi connectivity index (χ0v) is 19.8. The van der Waals surface area contributed by atoms with Crippen LogP contribution in [0.2, 0.25) is 0 Å². The lowest BCUT2D eigenvalue weighted by Gasteiger charge is -2.13. The maximum atomic E-state index is 12.7. The highest BCUT2D eigenvalue weighted by Crippen LogP contribution is 2.25. The van der Waals surface area contributed by atoms with E-state index in [0.717, 1.165) is 11.3 Å². The minimum absolute atomic E-state index is 0.0118. The van der Waals surface area contributed by atoms with Crippen LogP contribution < -0.4 is 10.0 Å². The molecule has 0 spiro atoms. The van der Waals surface area contributed by atoms with E-state index < -0.39 is 15.3 Å². The SMILES string of the molecule is Cc1ccccc1-n1nnnc1SC(C)C(=O)Nc1ccc(S(=O)(=O)Nc2ncccn2)cc1. The van der Waals surface area contributed by atoms with Crippen molar-refractivity contribution < 1.29 is 13.2 Å². The molecule has 0 fully saturated rings. The number of carbonyl (C=O) groups excluding carboxylic acids is 1. The van der Waals surface area contributed by atoms with Crippen molar-refractivity contribution >= 4 is 39.3 Å². The van der Waals surface area contributed by atoms with Crippen molar-refractivity contribution in [1.82, 2.24) is 30.2 Å². The van der Waals surface area contributed by atoms with Gasteiger partial charge in [-0.1, -0.05) is 30.0 Å². The normalized spacial score (nSPS) is 12.2. The summed E-state index contributed by atoms with van der Waals surface area (Å²) in [6.45, 7) is 3.69. The molecule has 4 rings (SSSR count). The Kier molecular flexibility index (Phi) is 6.84. The number of thioether (sulfide) groups is 1. The van der Waals surface area contributed by atoms with Gasteiger partial charge in [0.1, 0.15) is 0 Å². The quantitative estimate of drug-likeness (QED) is 0.352. The lowest BCUT2D eigenvalue weighted by Crippen LogP contribution is -2.23. The van der Waals surface area contributed by atoms with Gasteiger partial charge >= 0.3 is 0 Å². The number of sulfonamides is 1. The van der Waals surface area contributed by atoms with Gasteiger partial charge in [-0.25, -0.2) is 23.1 Å². The number of hydrogen-bond acceptors (Lipinski definition) is 9. The Balaban J connectivity index is 1.41. The van der Waals surface area contributed by atoms with E-state index in [-0.39, 0.29) is 16.8 Å². The summed E-state index contributed by atoms with van der Waals surface area (Å²) in [6.07, 6.45) is 2.87. The summed E-state index contributed by atoms with van der Waals surface area (Å²) >= 11 is 1.21. The number of tetrazole rings is 1. The van der Waals surface area contributed by atoms with Crippen molar-refractivity contribution in [1.29, 1.82) is 0 Å². The first-order valence-corrected chi connectivity index (χ1v) is 12.4. The zero-order valence-electron chi connectivity index (χ0n) is 18.2. The van der Waals surface area contributed by atoms with Crippen LogP contribution in [-0.2, 0) is 14.8 Å². The number of aryl methyl sites for hydroxylation is 1. The van der Waals surface area contributed by atoms with Crippen LogP contribution in [0.4, 0.5) is 11.6 Å². The van der Waals surface area contributed by atoms with Gasteiger partial charge in [0.2, 0.25) is 17.0 Å². The molecule has 2 heterocycles. The molecule has 0 saturated carbocycles. The predicted octanol–water partition coefficient (Wildman–Crippen LogP) is 2.68. The maximum Gasteiger partial charge on any atom is 0.264 e. The number of amides is 1. The van der Waals surface area contributed by atoms with Crippen LogP contribution in [0.3, 0.4) is 0 Å². The maximum absolute atomic E-state index is 12.7. The van der Waals surface area contributed by atoms with Gasteiger partial charge in [0.25, 0.3) is 10.0 Å². The van der Waals surface area contributed by atoms with E-state index in [1.807, 2.05) is 31.2 Å². The first kappa shape index (κ1) is 23.3. The van der Waals surface area contributed by atoms with Gasteiger partial charge in [-0.3, -0.25) is 4.79 Å². The van der Waals surface area contributed by atoms with Crippen LogP contribution in [0.25, 0.3) is 5.69 Å². The Morgan fingerprint density at radius 2 is 1.74 bits per heavy atom. The van der Waals surface area contributed by atoms with Gasteiger partial charge in [0.15, 0.2) is 0 Å². The van der Waals surface area contributed by atoms with Crippen LogP contribution in [0.15, 0.2) is 77.0 Å². The van der Waals surface area contributed by atoms with Gasteiger partial charge in [-0.05, 0) is 66.2 Å². The molecule has 4 aromatic rings. The highest BCUT2D eigenvalue weighted by Gasteiger charge is 2.21. The van der Waals surface area contributed by atoms with Gasteiger partial charge < -0.3 is 5.32 Å². The third kappa shape index (κ3) is 5.38. The fraction of sp³-hybridized carbons (Fsp3) is 0.143. The van der Waals surface area contributed by atoms with Crippen LogP contribution in [0.1, 0.15) is 12.5 Å². The van der Waals surface area contributed by atoms with Crippen LogP contribution in [-0.4, -0.2) is 49.8 Å². The Morgan fingerprint density at radius 1 is 1.03 bits per heavy atom. The van der Waals surface area contributed by atoms with Crippen molar-refractivity contribution in [3.63, 3.8) is 0 Å². The summed E-state index contributed by atoms with van der Waals surface area (Å²) < 4.78 is 28.9.